The Balaban J connectivity index is 2.60. The lowest BCUT2D eigenvalue weighted by Crippen LogP contribution is -2.04. The molecule has 0 radical (unpaired) electrons. The number of esters is 1. The maximum absolute atomic E-state index is 11.7. The molecular weight excluding hydrogens is 272 g/mol. The number of aryl methyl sites for hydroxylation is 1. The first-order valence-electron chi connectivity index (χ1n) is 4.94. The van der Waals surface area contributed by atoms with Crippen molar-refractivity contribution in [3.8, 4) is 0 Å². The topological polar surface area (TPSA) is 43.6 Å². The molecular formula is C11H11BrN2O2. The van der Waals surface area contributed by atoms with Gasteiger partial charge in [0.1, 0.15) is 5.56 Å². The van der Waals surface area contributed by atoms with Gasteiger partial charge in [-0.05, 0) is 26.0 Å². The number of nitrogens with zero attached hydrogens (tertiary/aromatic N) is 2. The zero-order valence-corrected chi connectivity index (χ0v) is 10.6. The summed E-state index contributed by atoms with van der Waals surface area (Å²) in [6.45, 7) is 4.08. The van der Waals surface area contributed by atoms with Gasteiger partial charge in [-0.2, -0.15) is 5.10 Å². The molecule has 0 N–H and O–H groups in total. The Hall–Kier alpha value is -1.36. The van der Waals surface area contributed by atoms with Crippen molar-refractivity contribution in [3.05, 3.63) is 34.1 Å². The van der Waals surface area contributed by atoms with Gasteiger partial charge in [-0.3, -0.25) is 0 Å². The van der Waals surface area contributed by atoms with Gasteiger partial charge >= 0.3 is 5.97 Å². The quantitative estimate of drug-likeness (QED) is 0.796. The summed E-state index contributed by atoms with van der Waals surface area (Å²) in [7, 11) is 0. The van der Waals surface area contributed by atoms with Crippen molar-refractivity contribution in [3.63, 3.8) is 0 Å². The first kappa shape index (κ1) is 11.1. The van der Waals surface area contributed by atoms with Crippen LogP contribution in [0.2, 0.25) is 0 Å². The Kier molecular flexibility index (Phi) is 2.96. The molecule has 0 aliphatic carbocycles. The van der Waals surface area contributed by atoms with Gasteiger partial charge < -0.3 is 4.74 Å². The molecule has 2 heterocycles. The molecule has 16 heavy (non-hydrogen) atoms. The van der Waals surface area contributed by atoms with Gasteiger partial charge in [0.25, 0.3) is 0 Å². The van der Waals surface area contributed by atoms with Crippen LogP contribution < -0.4 is 0 Å². The van der Waals surface area contributed by atoms with E-state index in [2.05, 4.69) is 21.0 Å². The van der Waals surface area contributed by atoms with E-state index in [-0.39, 0.29) is 5.97 Å². The van der Waals surface area contributed by atoms with E-state index < -0.39 is 0 Å². The van der Waals surface area contributed by atoms with Crippen molar-refractivity contribution in [1.29, 1.82) is 0 Å². The number of carbonyl (C=O) groups is 1. The predicted molar refractivity (Wildman–Crippen MR) is 63.6 cm³/mol. The maximum Gasteiger partial charge on any atom is 0.341 e. The van der Waals surface area contributed by atoms with Crippen LogP contribution in [-0.2, 0) is 4.74 Å². The summed E-state index contributed by atoms with van der Waals surface area (Å²) in [6, 6.07) is 3.79. The molecule has 5 heteroatoms. The fourth-order valence-corrected chi connectivity index (χ4v) is 2.13. The SMILES string of the molecule is CCOC(=O)c1cnn2c(C)cc(Br)cc12. The number of carbonyl (C=O) groups excluding carboxylic acids is 1. The van der Waals surface area contributed by atoms with Crippen molar-refractivity contribution in [1.82, 2.24) is 9.61 Å². The van der Waals surface area contributed by atoms with E-state index in [1.807, 2.05) is 19.1 Å². The number of aromatic nitrogens is 2. The molecule has 0 amide bonds. The number of pyridine rings is 1. The highest BCUT2D eigenvalue weighted by molar-refractivity contribution is 9.10. The third kappa shape index (κ3) is 1.82. The average Bonchev–Trinajstić information content (AvgIpc) is 2.61. The normalized spacial score (nSPS) is 10.7. The highest BCUT2D eigenvalue weighted by Gasteiger charge is 2.14. The summed E-state index contributed by atoms with van der Waals surface area (Å²) in [5.74, 6) is -0.338. The molecule has 0 fully saturated rings. The number of rotatable bonds is 2. The highest BCUT2D eigenvalue weighted by atomic mass is 79.9. The summed E-state index contributed by atoms with van der Waals surface area (Å²) in [6.07, 6.45) is 1.53. The van der Waals surface area contributed by atoms with Crippen LogP contribution in [-0.4, -0.2) is 22.2 Å². The lowest BCUT2D eigenvalue weighted by Gasteiger charge is -2.02. The molecule has 0 spiro atoms. The second-order valence-corrected chi connectivity index (χ2v) is 4.31. The summed E-state index contributed by atoms with van der Waals surface area (Å²) >= 11 is 3.40. The molecule has 0 saturated heterocycles. The minimum absolute atomic E-state index is 0.338. The van der Waals surface area contributed by atoms with Crippen molar-refractivity contribution in [2.45, 2.75) is 13.8 Å². The van der Waals surface area contributed by atoms with Crippen LogP contribution in [0.5, 0.6) is 0 Å². The van der Waals surface area contributed by atoms with Crippen LogP contribution in [0.4, 0.5) is 0 Å². The third-order valence-corrected chi connectivity index (χ3v) is 2.72. The average molecular weight is 283 g/mol. The van der Waals surface area contributed by atoms with Crippen molar-refractivity contribution < 1.29 is 9.53 Å². The first-order chi connectivity index (χ1) is 7.63. The van der Waals surface area contributed by atoms with Crippen LogP contribution in [0, 0.1) is 6.92 Å². The Bertz CT molecular complexity index is 548. The monoisotopic (exact) mass is 282 g/mol. The molecule has 2 aromatic heterocycles. The molecule has 0 saturated carbocycles. The number of hydrogen-bond donors (Lipinski definition) is 0. The van der Waals surface area contributed by atoms with Gasteiger partial charge in [-0.1, -0.05) is 15.9 Å². The zero-order chi connectivity index (χ0) is 11.7. The second-order valence-electron chi connectivity index (χ2n) is 3.39. The Morgan fingerprint density at radius 3 is 3.00 bits per heavy atom. The summed E-state index contributed by atoms with van der Waals surface area (Å²) in [5.41, 5.74) is 2.21. The number of hydrogen-bond acceptors (Lipinski definition) is 3. The summed E-state index contributed by atoms with van der Waals surface area (Å²) < 4.78 is 7.61. The molecule has 0 aliphatic rings. The molecule has 2 rings (SSSR count). The van der Waals surface area contributed by atoms with Gasteiger partial charge in [0.2, 0.25) is 0 Å². The van der Waals surface area contributed by atoms with Crippen LogP contribution in [0.25, 0.3) is 5.52 Å². The number of halogens is 1. The van der Waals surface area contributed by atoms with Crippen LogP contribution in [0.3, 0.4) is 0 Å². The highest BCUT2D eigenvalue weighted by Crippen LogP contribution is 2.19. The fourth-order valence-electron chi connectivity index (χ4n) is 1.58. The Labute approximate surface area is 101 Å². The van der Waals surface area contributed by atoms with E-state index in [4.69, 9.17) is 4.74 Å². The molecule has 2 aromatic rings. The van der Waals surface area contributed by atoms with Gasteiger partial charge in [-0.15, -0.1) is 0 Å². The second kappa shape index (κ2) is 4.25. The molecule has 0 bridgehead atoms. The van der Waals surface area contributed by atoms with Crippen molar-refractivity contribution >= 4 is 27.4 Å². The number of ether oxygens (including phenoxy) is 1. The standard InChI is InChI=1S/C11H11BrN2O2/c1-3-16-11(15)9-6-13-14-7(2)4-8(12)5-10(9)14/h4-6H,3H2,1-2H3. The number of fused-ring (bicyclic) bond motifs is 1. The van der Waals surface area contributed by atoms with E-state index >= 15 is 0 Å². The van der Waals surface area contributed by atoms with Crippen LogP contribution in [0.15, 0.2) is 22.8 Å². The van der Waals surface area contributed by atoms with E-state index in [0.717, 1.165) is 15.7 Å². The first-order valence-corrected chi connectivity index (χ1v) is 5.73. The Morgan fingerprint density at radius 1 is 1.56 bits per heavy atom. The lowest BCUT2D eigenvalue weighted by molar-refractivity contribution is 0.0528. The molecule has 84 valence electrons. The van der Waals surface area contributed by atoms with E-state index in [1.54, 1.807) is 11.4 Å². The van der Waals surface area contributed by atoms with E-state index in [9.17, 15) is 4.79 Å². The smallest absolute Gasteiger partial charge is 0.341 e. The van der Waals surface area contributed by atoms with E-state index in [1.165, 1.54) is 6.20 Å². The Morgan fingerprint density at radius 2 is 2.31 bits per heavy atom. The predicted octanol–water partition coefficient (Wildman–Crippen LogP) is 2.58. The fraction of sp³-hybridized carbons (Fsp3) is 0.273. The van der Waals surface area contributed by atoms with Crippen molar-refractivity contribution in [2.24, 2.45) is 0 Å². The van der Waals surface area contributed by atoms with Crippen LogP contribution in [0.1, 0.15) is 23.0 Å². The third-order valence-electron chi connectivity index (χ3n) is 2.26. The maximum atomic E-state index is 11.7. The molecule has 4 nitrogen and oxygen atoms in total. The van der Waals surface area contributed by atoms with Gasteiger partial charge in [-0.25, -0.2) is 9.31 Å². The molecule has 0 unspecified atom stereocenters. The van der Waals surface area contributed by atoms with Crippen LogP contribution >= 0.6 is 15.9 Å². The minimum Gasteiger partial charge on any atom is -0.462 e. The summed E-state index contributed by atoms with van der Waals surface area (Å²) in [5, 5.41) is 4.16. The van der Waals surface area contributed by atoms with Gasteiger partial charge in [0, 0.05) is 10.2 Å². The molecule has 0 aromatic carbocycles. The minimum atomic E-state index is -0.338. The van der Waals surface area contributed by atoms with Gasteiger partial charge in [0.15, 0.2) is 0 Å². The largest absolute Gasteiger partial charge is 0.462 e. The van der Waals surface area contributed by atoms with Gasteiger partial charge in [0.05, 0.1) is 18.3 Å². The molecule has 0 aliphatic heterocycles. The summed E-state index contributed by atoms with van der Waals surface area (Å²) in [4.78, 5) is 11.7. The zero-order valence-electron chi connectivity index (χ0n) is 9.03. The lowest BCUT2D eigenvalue weighted by atomic mass is 10.2. The van der Waals surface area contributed by atoms with E-state index in [0.29, 0.717) is 12.2 Å². The van der Waals surface area contributed by atoms with Crippen molar-refractivity contribution in [2.75, 3.05) is 6.61 Å². The molecule has 0 atom stereocenters.